The van der Waals surface area contributed by atoms with E-state index in [9.17, 15) is 9.59 Å². The molecule has 7 heteroatoms. The molecule has 0 radical (unpaired) electrons. The molecule has 2 heterocycles. The Morgan fingerprint density at radius 3 is 2.59 bits per heavy atom. The maximum absolute atomic E-state index is 12.9. The van der Waals surface area contributed by atoms with Crippen LogP contribution in [0.2, 0.25) is 0 Å². The fourth-order valence-electron chi connectivity index (χ4n) is 3.56. The van der Waals surface area contributed by atoms with Crippen molar-refractivity contribution in [2.24, 2.45) is 0 Å². The number of aromatic amines is 1. The predicted octanol–water partition coefficient (Wildman–Crippen LogP) is 2.67. The van der Waals surface area contributed by atoms with Crippen LogP contribution in [0.25, 0.3) is 11.3 Å². The number of amides is 1. The number of nitrogens with one attached hydrogen (secondary N) is 1. The van der Waals surface area contributed by atoms with Gasteiger partial charge >= 0.3 is 11.3 Å². The van der Waals surface area contributed by atoms with E-state index in [2.05, 4.69) is 10.1 Å². The number of hydrogen-bond donors (Lipinski definition) is 1. The normalized spacial score (nSPS) is 15.2. The van der Waals surface area contributed by atoms with Gasteiger partial charge in [-0.1, -0.05) is 42.1 Å². The van der Waals surface area contributed by atoms with Crippen LogP contribution in [-0.2, 0) is 4.79 Å². The number of carbonyl (C=O) groups is 1. The molecule has 27 heavy (non-hydrogen) atoms. The van der Waals surface area contributed by atoms with Gasteiger partial charge in [0.25, 0.3) is 6.17 Å². The van der Waals surface area contributed by atoms with E-state index >= 15 is 0 Å². The van der Waals surface area contributed by atoms with Crippen molar-refractivity contribution in [2.75, 3.05) is 11.2 Å². The lowest BCUT2D eigenvalue weighted by Gasteiger charge is -2.31. The third kappa shape index (κ3) is 2.75. The quantitative estimate of drug-likeness (QED) is 0.549. The molecule has 1 aliphatic heterocycles. The standard InChI is InChI=1S/C20H18N4O2S/c1-12-8-4-5-9-14(12)19-23(13(2)25)16-11-7-6-10-15(16)17-18(26)21-20(27-3)22-24(17)19/h4-11,19H,1-3H3/p+1/t19-/m0/s1. The molecule has 6 nitrogen and oxygen atoms in total. The van der Waals surface area contributed by atoms with Crippen molar-refractivity contribution in [2.45, 2.75) is 25.2 Å². The fourth-order valence-corrected chi connectivity index (χ4v) is 3.93. The Kier molecular flexibility index (Phi) is 4.31. The van der Waals surface area contributed by atoms with Gasteiger partial charge in [0.1, 0.15) is 0 Å². The van der Waals surface area contributed by atoms with Gasteiger partial charge in [-0.15, -0.1) is 0 Å². The lowest BCUT2D eigenvalue weighted by molar-refractivity contribution is -0.763. The lowest BCUT2D eigenvalue weighted by Crippen LogP contribution is -2.60. The van der Waals surface area contributed by atoms with Crippen LogP contribution in [-0.4, -0.2) is 22.2 Å². The van der Waals surface area contributed by atoms with E-state index < -0.39 is 6.17 Å². The molecule has 0 fully saturated rings. The summed E-state index contributed by atoms with van der Waals surface area (Å²) in [5.41, 5.74) is 3.59. The van der Waals surface area contributed by atoms with Crippen molar-refractivity contribution in [3.8, 4) is 11.3 Å². The average molecular weight is 379 g/mol. The largest absolute Gasteiger partial charge is 0.325 e. The van der Waals surface area contributed by atoms with Crippen LogP contribution < -0.4 is 15.1 Å². The second-order valence-corrected chi connectivity index (χ2v) is 7.19. The molecule has 0 aliphatic carbocycles. The zero-order chi connectivity index (χ0) is 19.1. The number of aryl methyl sites for hydroxylation is 1. The summed E-state index contributed by atoms with van der Waals surface area (Å²) < 4.78 is 1.68. The Hall–Kier alpha value is -2.93. The molecule has 0 unspecified atom stereocenters. The third-order valence-electron chi connectivity index (χ3n) is 4.76. The SMILES string of the molecule is CSc1n[n+]2c(c(=O)[nH]1)-c1ccccc1N(C(C)=O)[C@@H]2c1ccccc1C. The van der Waals surface area contributed by atoms with Crippen LogP contribution in [0, 0.1) is 6.92 Å². The minimum atomic E-state index is -0.526. The number of thioether (sulfide) groups is 1. The van der Waals surface area contributed by atoms with Gasteiger partial charge < -0.3 is 0 Å². The van der Waals surface area contributed by atoms with Gasteiger partial charge in [-0.2, -0.15) is 0 Å². The third-order valence-corrected chi connectivity index (χ3v) is 5.33. The van der Waals surface area contributed by atoms with Gasteiger partial charge in [0, 0.05) is 17.6 Å². The molecule has 4 rings (SSSR count). The lowest BCUT2D eigenvalue weighted by atomic mass is 9.99. The molecule has 1 amide bonds. The van der Waals surface area contributed by atoms with Gasteiger partial charge in [0.05, 0.1) is 11.3 Å². The number of H-pyrrole nitrogens is 1. The highest BCUT2D eigenvalue weighted by Crippen LogP contribution is 2.37. The van der Waals surface area contributed by atoms with E-state index in [-0.39, 0.29) is 11.5 Å². The Morgan fingerprint density at radius 1 is 1.19 bits per heavy atom. The molecule has 1 atom stereocenters. The zero-order valence-electron chi connectivity index (χ0n) is 15.3. The number of benzene rings is 2. The molecule has 0 spiro atoms. The van der Waals surface area contributed by atoms with E-state index in [0.29, 0.717) is 22.1 Å². The second kappa shape index (κ2) is 6.66. The van der Waals surface area contributed by atoms with E-state index in [1.807, 2.05) is 61.7 Å². The fraction of sp³-hybridized carbons (Fsp3) is 0.200. The first-order chi connectivity index (χ1) is 13.0. The molecule has 0 saturated carbocycles. The van der Waals surface area contributed by atoms with Gasteiger partial charge in [-0.25, -0.2) is 4.90 Å². The Balaban J connectivity index is 2.12. The molecule has 1 aromatic heterocycles. The molecule has 1 N–H and O–H groups in total. The highest BCUT2D eigenvalue weighted by Gasteiger charge is 2.45. The van der Waals surface area contributed by atoms with Crippen molar-refractivity contribution in [1.82, 2.24) is 10.1 Å². The van der Waals surface area contributed by atoms with E-state index in [4.69, 9.17) is 0 Å². The summed E-state index contributed by atoms with van der Waals surface area (Å²) in [6, 6.07) is 15.3. The number of para-hydroxylation sites is 1. The monoisotopic (exact) mass is 379 g/mol. The van der Waals surface area contributed by atoms with Crippen LogP contribution in [0.4, 0.5) is 5.69 Å². The first kappa shape index (κ1) is 17.5. The molecule has 2 aromatic carbocycles. The average Bonchev–Trinajstić information content (AvgIpc) is 2.66. The molecule has 3 aromatic rings. The number of carbonyl (C=O) groups excluding carboxylic acids is 1. The summed E-state index contributed by atoms with van der Waals surface area (Å²) >= 11 is 1.36. The maximum atomic E-state index is 12.9. The molecule has 136 valence electrons. The van der Waals surface area contributed by atoms with E-state index in [1.165, 1.54) is 18.7 Å². The number of anilines is 1. The highest BCUT2D eigenvalue weighted by atomic mass is 32.2. The number of fused-ring (bicyclic) bond motifs is 3. The summed E-state index contributed by atoms with van der Waals surface area (Å²) in [5, 5.41) is 5.16. The van der Waals surface area contributed by atoms with Gasteiger partial charge in [0.2, 0.25) is 11.1 Å². The molecular weight excluding hydrogens is 360 g/mol. The number of hydrogen-bond acceptors (Lipinski definition) is 4. The summed E-state index contributed by atoms with van der Waals surface area (Å²) in [6.45, 7) is 3.54. The summed E-state index contributed by atoms with van der Waals surface area (Å²) in [4.78, 5) is 30.1. The Labute approximate surface area is 160 Å². The predicted molar refractivity (Wildman–Crippen MR) is 105 cm³/mol. The molecule has 0 saturated heterocycles. The van der Waals surface area contributed by atoms with Crippen molar-refractivity contribution in [1.29, 1.82) is 0 Å². The van der Waals surface area contributed by atoms with Crippen LogP contribution in [0.15, 0.2) is 58.5 Å². The first-order valence-electron chi connectivity index (χ1n) is 8.57. The Bertz CT molecular complexity index is 1110. The first-order valence-corrected chi connectivity index (χ1v) is 9.80. The van der Waals surface area contributed by atoms with Crippen LogP contribution in [0.3, 0.4) is 0 Å². The van der Waals surface area contributed by atoms with Gasteiger partial charge in [0.15, 0.2) is 0 Å². The Morgan fingerprint density at radius 2 is 1.89 bits per heavy atom. The number of rotatable bonds is 2. The minimum Gasteiger partial charge on any atom is -0.291 e. The van der Waals surface area contributed by atoms with Crippen molar-refractivity contribution >= 4 is 23.4 Å². The van der Waals surface area contributed by atoms with Gasteiger partial charge in [-0.3, -0.25) is 14.6 Å². The minimum absolute atomic E-state index is 0.110. The number of nitrogens with zero attached hydrogens (tertiary/aromatic N) is 3. The molecular formula is C20H19N4O2S+. The van der Waals surface area contributed by atoms with Crippen LogP contribution in [0.5, 0.6) is 0 Å². The summed E-state index contributed by atoms with van der Waals surface area (Å²) in [6.07, 6.45) is 1.33. The maximum Gasteiger partial charge on any atom is 0.325 e. The van der Waals surface area contributed by atoms with Gasteiger partial charge in [-0.05, 0) is 41.6 Å². The zero-order valence-corrected chi connectivity index (χ0v) is 16.1. The number of aromatic nitrogens is 3. The van der Waals surface area contributed by atoms with E-state index in [1.54, 1.807) is 9.58 Å². The van der Waals surface area contributed by atoms with Crippen LogP contribution in [0.1, 0.15) is 24.2 Å². The molecule has 1 aliphatic rings. The van der Waals surface area contributed by atoms with E-state index in [0.717, 1.165) is 11.1 Å². The van der Waals surface area contributed by atoms with Crippen molar-refractivity contribution in [3.05, 3.63) is 70.0 Å². The topological polar surface area (TPSA) is 69.9 Å². The molecule has 0 bridgehead atoms. The summed E-state index contributed by atoms with van der Waals surface area (Å²) in [7, 11) is 0. The smallest absolute Gasteiger partial charge is 0.291 e. The van der Waals surface area contributed by atoms with Crippen molar-refractivity contribution in [3.63, 3.8) is 0 Å². The van der Waals surface area contributed by atoms with Crippen LogP contribution >= 0.6 is 11.8 Å². The summed E-state index contributed by atoms with van der Waals surface area (Å²) in [5.74, 6) is -0.110. The van der Waals surface area contributed by atoms with Crippen molar-refractivity contribution < 1.29 is 9.48 Å². The highest BCUT2D eigenvalue weighted by molar-refractivity contribution is 7.98. The second-order valence-electron chi connectivity index (χ2n) is 6.39.